The van der Waals surface area contributed by atoms with Crippen LogP contribution in [-0.4, -0.2) is 0 Å². The summed E-state index contributed by atoms with van der Waals surface area (Å²) >= 11 is 5.94. The smallest absolute Gasteiger partial charge is 0.177 e. The summed E-state index contributed by atoms with van der Waals surface area (Å²) in [6, 6.07) is 5.40. The fraction of sp³-hybridized carbons (Fsp3) is 0. The van der Waals surface area contributed by atoms with Gasteiger partial charge in [-0.1, -0.05) is 0 Å². The first kappa shape index (κ1) is 8.41. The largest absolute Gasteiger partial charge is 0.195 e. The van der Waals surface area contributed by atoms with E-state index in [1.54, 1.807) is 11.3 Å². The van der Waals surface area contributed by atoms with Gasteiger partial charge in [0, 0.05) is 10.4 Å². The highest BCUT2D eigenvalue weighted by Gasteiger charge is 2.04. The van der Waals surface area contributed by atoms with Crippen molar-refractivity contribution in [1.29, 1.82) is 0 Å². The van der Waals surface area contributed by atoms with E-state index in [1.807, 2.05) is 12.1 Å². The van der Waals surface area contributed by atoms with Crippen molar-refractivity contribution >= 4 is 38.6 Å². The summed E-state index contributed by atoms with van der Waals surface area (Å²) in [5.74, 6) is 0. The van der Waals surface area contributed by atoms with Crippen LogP contribution in [0.15, 0.2) is 22.0 Å². The molecule has 0 bridgehead atoms. The molecule has 1 radical (unpaired) electrons. The quantitative estimate of drug-likeness (QED) is 0.723. The van der Waals surface area contributed by atoms with Crippen molar-refractivity contribution in [3.63, 3.8) is 0 Å². The summed E-state index contributed by atoms with van der Waals surface area (Å²) in [6.45, 7) is 0. The molecule has 0 atom stereocenters. The first-order valence-corrected chi connectivity index (χ1v) is 5.61. The van der Waals surface area contributed by atoms with Gasteiger partial charge in [0.25, 0.3) is 0 Å². The summed E-state index contributed by atoms with van der Waals surface area (Å²) in [5.41, 5.74) is 0.841. The molecule has 0 aromatic carbocycles. The molecule has 2 aromatic rings. The van der Waals surface area contributed by atoms with Crippen LogP contribution in [0.3, 0.4) is 0 Å². The molecule has 0 aliphatic rings. The number of hydrogen-bond acceptors (Lipinski definition) is 2. The van der Waals surface area contributed by atoms with Crippen LogP contribution in [0.5, 0.6) is 0 Å². The average Bonchev–Trinajstić information content (AvgIpc) is 2.58. The van der Waals surface area contributed by atoms with Crippen LogP contribution < -0.4 is 0 Å². The van der Waals surface area contributed by atoms with Gasteiger partial charge >= 0.3 is 0 Å². The molecule has 2 rings (SSSR count). The molecule has 4 heteroatoms. The Labute approximate surface area is 85.8 Å². The molecule has 0 fully saturated rings. The number of halogens is 2. The zero-order valence-electron chi connectivity index (χ0n) is 5.80. The maximum Gasteiger partial charge on any atom is 0.177 e. The van der Waals surface area contributed by atoms with Crippen molar-refractivity contribution in [3.05, 3.63) is 32.5 Å². The summed E-state index contributed by atoms with van der Waals surface area (Å²) < 4.78 is 13.7. The monoisotopic (exact) mass is 261 g/mol. The molecule has 0 aliphatic heterocycles. The zero-order chi connectivity index (χ0) is 8.55. The maximum absolute atomic E-state index is 12.6. The minimum Gasteiger partial charge on any atom is -0.195 e. The minimum absolute atomic E-state index is 0.186. The second-order valence-electron chi connectivity index (χ2n) is 2.17. The van der Waals surface area contributed by atoms with Gasteiger partial charge in [0.15, 0.2) is 5.13 Å². The lowest BCUT2D eigenvalue weighted by Gasteiger charge is -1.85. The molecule has 0 aliphatic carbocycles. The van der Waals surface area contributed by atoms with Crippen molar-refractivity contribution in [3.8, 4) is 10.4 Å². The number of thiophene rings is 2. The normalized spacial score (nSPS) is 10.5. The molecule has 0 nitrogen and oxygen atoms in total. The Kier molecular flexibility index (Phi) is 2.30. The fourth-order valence-corrected chi connectivity index (χ4v) is 2.83. The molecule has 0 unspecified atom stereocenters. The molecule has 61 valence electrons. The lowest BCUT2D eigenvalue weighted by atomic mass is 10.3. The highest BCUT2D eigenvalue weighted by Crippen LogP contribution is 2.32. The molecule has 2 aromatic heterocycles. The van der Waals surface area contributed by atoms with Gasteiger partial charge in [-0.05, 0) is 34.1 Å². The second kappa shape index (κ2) is 3.28. The minimum atomic E-state index is -0.186. The van der Waals surface area contributed by atoms with Crippen LogP contribution in [-0.2, 0) is 0 Å². The molecular formula is C8H3BrFS2. The molecule has 0 saturated carbocycles. The van der Waals surface area contributed by atoms with Crippen LogP contribution in [0.1, 0.15) is 0 Å². The van der Waals surface area contributed by atoms with Crippen molar-refractivity contribution in [2.24, 2.45) is 0 Å². The average molecular weight is 262 g/mol. The predicted octanol–water partition coefficient (Wildman–Crippen LogP) is 4.18. The van der Waals surface area contributed by atoms with E-state index in [9.17, 15) is 4.39 Å². The summed E-state index contributed by atoms with van der Waals surface area (Å²) in [4.78, 5) is 1.04. The van der Waals surface area contributed by atoms with Crippen molar-refractivity contribution in [2.45, 2.75) is 0 Å². The zero-order valence-corrected chi connectivity index (χ0v) is 9.02. The van der Waals surface area contributed by atoms with Gasteiger partial charge in [-0.2, -0.15) is 4.39 Å². The first-order valence-electron chi connectivity index (χ1n) is 3.18. The first-order chi connectivity index (χ1) is 5.75. The Morgan fingerprint density at radius 3 is 2.75 bits per heavy atom. The van der Waals surface area contributed by atoms with Gasteiger partial charge < -0.3 is 0 Å². The standard InChI is InChI=1S/C8H3BrFS2/c9-7-2-1-6(12-7)5-3-8(10)11-4-5/h1-3H. The fourth-order valence-electron chi connectivity index (χ4n) is 0.857. The molecule has 12 heavy (non-hydrogen) atoms. The third-order valence-electron chi connectivity index (χ3n) is 1.35. The molecule has 2 heterocycles. The highest BCUT2D eigenvalue weighted by atomic mass is 79.9. The third kappa shape index (κ3) is 1.60. The molecule has 0 saturated heterocycles. The van der Waals surface area contributed by atoms with Crippen LogP contribution >= 0.6 is 38.6 Å². The van der Waals surface area contributed by atoms with E-state index in [1.165, 1.54) is 6.07 Å². The Bertz CT molecular complexity index is 353. The van der Waals surface area contributed by atoms with E-state index >= 15 is 0 Å². The summed E-state index contributed by atoms with van der Waals surface area (Å²) in [5, 5.41) is 2.71. The molecular weight excluding hydrogens is 259 g/mol. The molecule has 0 spiro atoms. The van der Waals surface area contributed by atoms with Gasteiger partial charge in [-0.3, -0.25) is 0 Å². The van der Waals surface area contributed by atoms with Crippen molar-refractivity contribution in [1.82, 2.24) is 0 Å². The van der Waals surface area contributed by atoms with Gasteiger partial charge in [0.2, 0.25) is 0 Å². The van der Waals surface area contributed by atoms with Crippen molar-refractivity contribution in [2.75, 3.05) is 0 Å². The lowest BCUT2D eigenvalue weighted by Crippen LogP contribution is -1.61. The van der Waals surface area contributed by atoms with E-state index in [0.717, 1.165) is 25.6 Å². The Balaban J connectivity index is 2.43. The topological polar surface area (TPSA) is 0 Å². The van der Waals surface area contributed by atoms with Crippen molar-refractivity contribution < 1.29 is 4.39 Å². The Hall–Kier alpha value is -0.190. The van der Waals surface area contributed by atoms with Crippen LogP contribution in [0, 0.1) is 10.5 Å². The van der Waals surface area contributed by atoms with E-state index in [4.69, 9.17) is 0 Å². The Morgan fingerprint density at radius 1 is 1.42 bits per heavy atom. The summed E-state index contributed by atoms with van der Waals surface area (Å²) in [7, 11) is 0. The van der Waals surface area contributed by atoms with Crippen LogP contribution in [0.25, 0.3) is 10.4 Å². The van der Waals surface area contributed by atoms with E-state index in [0.29, 0.717) is 0 Å². The third-order valence-corrected chi connectivity index (χ3v) is 3.65. The molecule has 0 N–H and O–H groups in total. The SMILES string of the molecule is Fc1cc(-c2ccc(Br)s2)[c]s1. The number of hydrogen-bond donors (Lipinski definition) is 0. The predicted molar refractivity (Wildman–Crippen MR) is 54.1 cm³/mol. The van der Waals surface area contributed by atoms with E-state index in [2.05, 4.69) is 21.3 Å². The maximum atomic E-state index is 12.6. The van der Waals surface area contributed by atoms with Gasteiger partial charge in [0.1, 0.15) is 0 Å². The van der Waals surface area contributed by atoms with Gasteiger partial charge in [-0.25, -0.2) is 0 Å². The van der Waals surface area contributed by atoms with Gasteiger partial charge in [0.05, 0.1) is 9.17 Å². The number of rotatable bonds is 1. The van der Waals surface area contributed by atoms with Crippen LogP contribution in [0.2, 0.25) is 0 Å². The Morgan fingerprint density at radius 2 is 2.25 bits per heavy atom. The summed E-state index contributed by atoms with van der Waals surface area (Å²) in [6.07, 6.45) is 0. The van der Waals surface area contributed by atoms with Gasteiger partial charge in [-0.15, -0.1) is 22.7 Å². The lowest BCUT2D eigenvalue weighted by molar-refractivity contribution is 0.657. The second-order valence-corrected chi connectivity index (χ2v) is 5.43. The van der Waals surface area contributed by atoms with E-state index in [-0.39, 0.29) is 5.13 Å². The molecule has 0 amide bonds. The van der Waals surface area contributed by atoms with Crippen LogP contribution in [0.4, 0.5) is 4.39 Å². The van der Waals surface area contributed by atoms with E-state index < -0.39 is 0 Å². The highest BCUT2D eigenvalue weighted by molar-refractivity contribution is 9.11.